The van der Waals surface area contributed by atoms with Gasteiger partial charge in [-0.3, -0.25) is 0 Å². The van der Waals surface area contributed by atoms with Crippen molar-refractivity contribution < 1.29 is 9.47 Å². The summed E-state index contributed by atoms with van der Waals surface area (Å²) in [6.45, 7) is 6.88. The smallest absolute Gasteiger partial charge is 0.211 e. The molecule has 8 heteroatoms. The van der Waals surface area contributed by atoms with Crippen LogP contribution in [-0.2, 0) is 6.42 Å². The van der Waals surface area contributed by atoms with E-state index in [2.05, 4.69) is 15.3 Å². The highest BCUT2D eigenvalue weighted by molar-refractivity contribution is 7.98. The Labute approximate surface area is 151 Å². The summed E-state index contributed by atoms with van der Waals surface area (Å²) < 4.78 is 12.9. The van der Waals surface area contributed by atoms with Crippen molar-refractivity contribution in [3.8, 4) is 11.5 Å². The maximum atomic E-state index is 6.32. The van der Waals surface area contributed by atoms with Crippen molar-refractivity contribution in [1.82, 2.24) is 14.9 Å². The van der Waals surface area contributed by atoms with Gasteiger partial charge in [-0.05, 0) is 37.8 Å². The molecule has 0 aliphatic carbocycles. The Morgan fingerprint density at radius 2 is 1.96 bits per heavy atom. The molecule has 0 aliphatic heterocycles. The van der Waals surface area contributed by atoms with E-state index in [1.54, 1.807) is 17.0 Å². The first-order chi connectivity index (χ1) is 11.6. The van der Waals surface area contributed by atoms with Gasteiger partial charge < -0.3 is 9.47 Å². The van der Waals surface area contributed by atoms with Crippen LogP contribution in [0.2, 0.25) is 5.02 Å². The number of benzene rings is 1. The molecule has 0 N–H and O–H groups in total. The van der Waals surface area contributed by atoms with Gasteiger partial charge >= 0.3 is 0 Å². The molecule has 1 aromatic heterocycles. The topological polar surface area (TPSA) is 61.5 Å². The average molecular weight is 369 g/mol. The van der Waals surface area contributed by atoms with Crippen molar-refractivity contribution in [2.45, 2.75) is 32.3 Å². The Balaban J connectivity index is 2.37. The zero-order chi connectivity index (χ0) is 17.5. The van der Waals surface area contributed by atoms with Crippen LogP contribution < -0.4 is 9.47 Å². The maximum Gasteiger partial charge on any atom is 0.211 e. The minimum Gasteiger partial charge on any atom is -0.490 e. The standard InChI is InChI=1S/C16H21ClN4O2S/c1-5-14-19-20-16(24-4)21(14)18-10-11-8-12(17)15(23-7-3)13(9-11)22-6-2/h8-10H,5-7H2,1-4H3/b18-10-. The summed E-state index contributed by atoms with van der Waals surface area (Å²) in [6, 6.07) is 3.66. The molecule has 0 spiro atoms. The summed E-state index contributed by atoms with van der Waals surface area (Å²) in [5.41, 5.74) is 0.815. The second kappa shape index (κ2) is 8.94. The number of aromatic nitrogens is 3. The number of rotatable bonds is 8. The normalized spacial score (nSPS) is 11.2. The van der Waals surface area contributed by atoms with Crippen LogP contribution in [0.25, 0.3) is 0 Å². The average Bonchev–Trinajstić information content (AvgIpc) is 2.98. The minimum absolute atomic E-state index is 0.494. The lowest BCUT2D eigenvalue weighted by molar-refractivity contribution is 0.288. The summed E-state index contributed by atoms with van der Waals surface area (Å²) in [5.74, 6) is 1.97. The van der Waals surface area contributed by atoms with E-state index in [0.29, 0.717) is 29.7 Å². The lowest BCUT2D eigenvalue weighted by Crippen LogP contribution is -2.01. The number of hydrogen-bond acceptors (Lipinski definition) is 6. The molecule has 130 valence electrons. The van der Waals surface area contributed by atoms with E-state index in [9.17, 15) is 0 Å². The Morgan fingerprint density at radius 3 is 2.58 bits per heavy atom. The van der Waals surface area contributed by atoms with Gasteiger partial charge in [0.25, 0.3) is 0 Å². The second-order valence-electron chi connectivity index (χ2n) is 4.71. The Bertz CT molecular complexity index is 697. The number of ether oxygens (including phenoxy) is 2. The van der Waals surface area contributed by atoms with Gasteiger partial charge in [0.05, 0.1) is 24.5 Å². The summed E-state index contributed by atoms with van der Waals surface area (Å²) in [5, 5.41) is 14.0. The molecular weight excluding hydrogens is 348 g/mol. The first kappa shape index (κ1) is 18.6. The fourth-order valence-corrected chi connectivity index (χ4v) is 2.82. The van der Waals surface area contributed by atoms with Crippen LogP contribution in [0.4, 0.5) is 0 Å². The van der Waals surface area contributed by atoms with Gasteiger partial charge in [-0.2, -0.15) is 9.78 Å². The van der Waals surface area contributed by atoms with E-state index < -0.39 is 0 Å². The van der Waals surface area contributed by atoms with Gasteiger partial charge in [-0.15, -0.1) is 10.2 Å². The first-order valence-corrected chi connectivity index (χ1v) is 9.36. The van der Waals surface area contributed by atoms with Crippen LogP contribution in [0.1, 0.15) is 32.2 Å². The van der Waals surface area contributed by atoms with Crippen LogP contribution in [0.3, 0.4) is 0 Å². The number of hydrogen-bond donors (Lipinski definition) is 0. The van der Waals surface area contributed by atoms with Gasteiger partial charge in [0.2, 0.25) is 5.16 Å². The number of thioether (sulfide) groups is 1. The van der Waals surface area contributed by atoms with E-state index >= 15 is 0 Å². The molecule has 6 nitrogen and oxygen atoms in total. The van der Waals surface area contributed by atoms with Gasteiger partial charge in [0, 0.05) is 6.42 Å². The summed E-state index contributed by atoms with van der Waals surface area (Å²) in [4.78, 5) is 0. The molecule has 0 saturated carbocycles. The van der Waals surface area contributed by atoms with E-state index in [4.69, 9.17) is 21.1 Å². The summed E-state index contributed by atoms with van der Waals surface area (Å²) in [7, 11) is 0. The van der Waals surface area contributed by atoms with E-state index in [1.807, 2.05) is 33.1 Å². The Hall–Kier alpha value is -1.73. The lowest BCUT2D eigenvalue weighted by atomic mass is 10.2. The van der Waals surface area contributed by atoms with Crippen LogP contribution in [0, 0.1) is 0 Å². The number of nitrogens with zero attached hydrogens (tertiary/aromatic N) is 4. The molecule has 0 fully saturated rings. The monoisotopic (exact) mass is 368 g/mol. The molecule has 2 aromatic rings. The third kappa shape index (κ3) is 4.21. The van der Waals surface area contributed by atoms with Gasteiger partial charge in [-0.25, -0.2) is 0 Å². The molecular formula is C16H21ClN4O2S. The fourth-order valence-electron chi connectivity index (χ4n) is 2.09. The summed E-state index contributed by atoms with van der Waals surface area (Å²) >= 11 is 7.82. The number of aryl methyl sites for hydroxylation is 1. The lowest BCUT2D eigenvalue weighted by Gasteiger charge is -2.13. The predicted octanol–water partition coefficient (Wildman–Crippen LogP) is 3.90. The van der Waals surface area contributed by atoms with Gasteiger partial charge in [0.15, 0.2) is 17.3 Å². The first-order valence-electron chi connectivity index (χ1n) is 7.76. The SMILES string of the molecule is CCOc1cc(/C=N\n2c(CC)nnc2SC)cc(Cl)c1OCC. The van der Waals surface area contributed by atoms with Crippen LogP contribution in [-0.4, -0.2) is 40.6 Å². The van der Waals surface area contributed by atoms with Crippen molar-refractivity contribution >= 4 is 29.6 Å². The molecule has 0 bridgehead atoms. The van der Waals surface area contributed by atoms with E-state index in [0.717, 1.165) is 23.0 Å². The molecule has 0 atom stereocenters. The van der Waals surface area contributed by atoms with Crippen molar-refractivity contribution in [1.29, 1.82) is 0 Å². The molecule has 0 radical (unpaired) electrons. The molecule has 2 rings (SSSR count). The molecule has 1 aromatic carbocycles. The molecule has 24 heavy (non-hydrogen) atoms. The van der Waals surface area contributed by atoms with Crippen molar-refractivity contribution in [2.75, 3.05) is 19.5 Å². The van der Waals surface area contributed by atoms with Crippen LogP contribution in [0.15, 0.2) is 22.4 Å². The van der Waals surface area contributed by atoms with Gasteiger partial charge in [0.1, 0.15) is 0 Å². The highest BCUT2D eigenvalue weighted by atomic mass is 35.5. The minimum atomic E-state index is 0.494. The highest BCUT2D eigenvalue weighted by Gasteiger charge is 2.12. The van der Waals surface area contributed by atoms with Crippen LogP contribution >= 0.6 is 23.4 Å². The van der Waals surface area contributed by atoms with Gasteiger partial charge in [-0.1, -0.05) is 30.3 Å². The van der Waals surface area contributed by atoms with Crippen molar-refractivity contribution in [3.63, 3.8) is 0 Å². The molecule has 1 heterocycles. The van der Waals surface area contributed by atoms with Crippen molar-refractivity contribution in [3.05, 3.63) is 28.5 Å². The van der Waals surface area contributed by atoms with E-state index in [1.165, 1.54) is 11.8 Å². The third-order valence-electron chi connectivity index (χ3n) is 3.12. The Kier molecular flexibility index (Phi) is 6.93. The zero-order valence-corrected chi connectivity index (χ0v) is 15.8. The predicted molar refractivity (Wildman–Crippen MR) is 98.0 cm³/mol. The number of halogens is 1. The zero-order valence-electron chi connectivity index (χ0n) is 14.2. The summed E-state index contributed by atoms with van der Waals surface area (Å²) in [6.07, 6.45) is 4.40. The molecule has 0 aliphatic rings. The third-order valence-corrected chi connectivity index (χ3v) is 4.02. The largest absolute Gasteiger partial charge is 0.490 e. The quantitative estimate of drug-likeness (QED) is 0.522. The Morgan fingerprint density at radius 1 is 1.21 bits per heavy atom. The molecule has 0 amide bonds. The van der Waals surface area contributed by atoms with Crippen LogP contribution in [0.5, 0.6) is 11.5 Å². The fraction of sp³-hybridized carbons (Fsp3) is 0.438. The van der Waals surface area contributed by atoms with Crippen molar-refractivity contribution in [2.24, 2.45) is 5.10 Å². The molecule has 0 saturated heterocycles. The highest BCUT2D eigenvalue weighted by Crippen LogP contribution is 2.36. The maximum absolute atomic E-state index is 6.32. The molecule has 0 unspecified atom stereocenters. The van der Waals surface area contributed by atoms with E-state index in [-0.39, 0.29) is 0 Å². The second-order valence-corrected chi connectivity index (χ2v) is 5.89.